The van der Waals surface area contributed by atoms with E-state index >= 15 is 0 Å². The molecule has 1 aromatic carbocycles. The van der Waals surface area contributed by atoms with E-state index in [-0.39, 0.29) is 11.7 Å². The Morgan fingerprint density at radius 3 is 2.25 bits per heavy atom. The Labute approximate surface area is 166 Å². The van der Waals surface area contributed by atoms with Gasteiger partial charge >= 0.3 is 0 Å². The lowest BCUT2D eigenvalue weighted by Gasteiger charge is -2.33. The molecule has 2 heterocycles. The average Bonchev–Trinajstić information content (AvgIpc) is 2.74. The number of sulfonamides is 1. The van der Waals surface area contributed by atoms with E-state index in [4.69, 9.17) is 0 Å². The van der Waals surface area contributed by atoms with Gasteiger partial charge in [-0.25, -0.2) is 8.42 Å². The number of carbonyl (C=O) groups is 1. The lowest BCUT2D eigenvalue weighted by Crippen LogP contribution is -2.48. The Kier molecular flexibility index (Phi) is 6.77. The van der Waals surface area contributed by atoms with Crippen LogP contribution in [0.3, 0.4) is 0 Å². The first kappa shape index (κ1) is 20.4. The third kappa shape index (κ3) is 5.37. The number of amides is 1. The van der Waals surface area contributed by atoms with Crippen LogP contribution in [0.25, 0.3) is 0 Å². The number of carbonyl (C=O) groups excluding carboxylic acids is 1. The number of aromatic nitrogens is 1. The molecule has 1 saturated heterocycles. The SMILES string of the molecule is CCS(=O)(=O)N1CCN(Cc2ccc(C(=O)NCc3ccncc3)cc2)CC1. The van der Waals surface area contributed by atoms with Crippen LogP contribution in [-0.4, -0.2) is 60.4 Å². The molecule has 0 aliphatic carbocycles. The molecule has 1 aliphatic rings. The lowest BCUT2D eigenvalue weighted by atomic mass is 10.1. The van der Waals surface area contributed by atoms with Crippen molar-refractivity contribution in [2.24, 2.45) is 0 Å². The summed E-state index contributed by atoms with van der Waals surface area (Å²) in [7, 11) is -3.10. The molecule has 0 unspecified atom stereocenters. The zero-order valence-electron chi connectivity index (χ0n) is 16.0. The first-order valence-electron chi connectivity index (χ1n) is 9.44. The number of nitrogens with zero attached hydrogens (tertiary/aromatic N) is 3. The second-order valence-electron chi connectivity index (χ2n) is 6.81. The van der Waals surface area contributed by atoms with E-state index < -0.39 is 10.0 Å². The molecule has 1 N–H and O–H groups in total. The molecule has 7 nitrogen and oxygen atoms in total. The largest absolute Gasteiger partial charge is 0.348 e. The van der Waals surface area contributed by atoms with Gasteiger partial charge in [-0.2, -0.15) is 4.31 Å². The van der Waals surface area contributed by atoms with E-state index in [1.165, 1.54) is 0 Å². The van der Waals surface area contributed by atoms with E-state index in [2.05, 4.69) is 15.2 Å². The predicted octanol–water partition coefficient (Wildman–Crippen LogP) is 1.48. The van der Waals surface area contributed by atoms with Crippen LogP contribution in [0.4, 0.5) is 0 Å². The van der Waals surface area contributed by atoms with Crippen molar-refractivity contribution in [2.45, 2.75) is 20.0 Å². The number of pyridine rings is 1. The monoisotopic (exact) mass is 402 g/mol. The maximum Gasteiger partial charge on any atom is 0.251 e. The number of nitrogens with one attached hydrogen (secondary N) is 1. The summed E-state index contributed by atoms with van der Waals surface area (Å²) in [4.78, 5) is 18.5. The smallest absolute Gasteiger partial charge is 0.251 e. The van der Waals surface area contributed by atoms with Crippen molar-refractivity contribution in [1.82, 2.24) is 19.5 Å². The molecule has 0 spiro atoms. The van der Waals surface area contributed by atoms with Crippen LogP contribution in [-0.2, 0) is 23.1 Å². The van der Waals surface area contributed by atoms with Gasteiger partial charge < -0.3 is 5.32 Å². The van der Waals surface area contributed by atoms with Gasteiger partial charge in [0.2, 0.25) is 10.0 Å². The fourth-order valence-electron chi connectivity index (χ4n) is 3.15. The van der Waals surface area contributed by atoms with E-state index in [1.807, 2.05) is 36.4 Å². The van der Waals surface area contributed by atoms with Crippen LogP contribution in [0.2, 0.25) is 0 Å². The first-order valence-corrected chi connectivity index (χ1v) is 11.0. The minimum Gasteiger partial charge on any atom is -0.348 e. The molecule has 1 amide bonds. The highest BCUT2D eigenvalue weighted by molar-refractivity contribution is 7.89. The lowest BCUT2D eigenvalue weighted by molar-refractivity contribution is 0.0951. The van der Waals surface area contributed by atoms with Crippen LogP contribution >= 0.6 is 0 Å². The summed E-state index contributed by atoms with van der Waals surface area (Å²) in [6.07, 6.45) is 3.40. The van der Waals surface area contributed by atoms with Crippen LogP contribution in [0.5, 0.6) is 0 Å². The van der Waals surface area contributed by atoms with E-state index in [9.17, 15) is 13.2 Å². The maximum absolute atomic E-state index is 12.3. The van der Waals surface area contributed by atoms with Gasteiger partial charge in [0, 0.05) is 57.2 Å². The quantitative estimate of drug-likeness (QED) is 0.759. The Bertz CT molecular complexity index is 877. The van der Waals surface area contributed by atoms with E-state index in [1.54, 1.807) is 23.6 Å². The summed E-state index contributed by atoms with van der Waals surface area (Å²) >= 11 is 0. The van der Waals surface area contributed by atoms with Crippen molar-refractivity contribution >= 4 is 15.9 Å². The highest BCUT2D eigenvalue weighted by Crippen LogP contribution is 2.13. The summed E-state index contributed by atoms with van der Waals surface area (Å²) in [5.74, 6) is 0.0410. The molecule has 0 atom stereocenters. The minimum atomic E-state index is -3.10. The normalized spacial score (nSPS) is 16.0. The third-order valence-electron chi connectivity index (χ3n) is 4.91. The molecule has 28 heavy (non-hydrogen) atoms. The first-order chi connectivity index (χ1) is 13.5. The van der Waals surface area contributed by atoms with Gasteiger partial charge in [-0.05, 0) is 42.3 Å². The third-order valence-corrected chi connectivity index (χ3v) is 6.80. The van der Waals surface area contributed by atoms with Crippen molar-refractivity contribution in [3.8, 4) is 0 Å². The Morgan fingerprint density at radius 2 is 1.64 bits per heavy atom. The molecule has 1 fully saturated rings. The topological polar surface area (TPSA) is 82.6 Å². The number of hydrogen-bond acceptors (Lipinski definition) is 5. The molecule has 0 saturated carbocycles. The van der Waals surface area contributed by atoms with Gasteiger partial charge in [-0.15, -0.1) is 0 Å². The Balaban J connectivity index is 1.49. The molecule has 3 rings (SSSR count). The van der Waals surface area contributed by atoms with E-state index in [0.29, 0.717) is 38.3 Å². The van der Waals surface area contributed by atoms with Gasteiger partial charge in [0.15, 0.2) is 0 Å². The number of piperazine rings is 1. The molecular formula is C20H26N4O3S. The van der Waals surface area contributed by atoms with Crippen LogP contribution in [0.15, 0.2) is 48.8 Å². The average molecular weight is 403 g/mol. The summed E-state index contributed by atoms with van der Waals surface area (Å²) < 4.78 is 25.4. The second kappa shape index (κ2) is 9.27. The van der Waals surface area contributed by atoms with Crippen LogP contribution in [0.1, 0.15) is 28.4 Å². The van der Waals surface area contributed by atoms with Crippen molar-refractivity contribution in [3.63, 3.8) is 0 Å². The molecule has 1 aromatic heterocycles. The highest BCUT2D eigenvalue weighted by Gasteiger charge is 2.25. The number of rotatable bonds is 7. The highest BCUT2D eigenvalue weighted by atomic mass is 32.2. The summed E-state index contributed by atoms with van der Waals surface area (Å²) in [6, 6.07) is 11.3. The second-order valence-corrected chi connectivity index (χ2v) is 9.07. The number of hydrogen-bond donors (Lipinski definition) is 1. The number of benzene rings is 1. The van der Waals surface area contributed by atoms with E-state index in [0.717, 1.165) is 17.7 Å². The summed E-state index contributed by atoms with van der Waals surface area (Å²) in [5.41, 5.74) is 2.73. The van der Waals surface area contributed by atoms with Crippen LogP contribution < -0.4 is 5.32 Å². The van der Waals surface area contributed by atoms with Crippen molar-refractivity contribution < 1.29 is 13.2 Å². The molecule has 150 valence electrons. The van der Waals surface area contributed by atoms with Gasteiger partial charge in [-0.3, -0.25) is 14.7 Å². The standard InChI is InChI=1S/C20H26N4O3S/c1-2-28(26,27)24-13-11-23(12-14-24)16-18-3-5-19(6-4-18)20(25)22-15-17-7-9-21-10-8-17/h3-10H,2,11-16H2,1H3,(H,22,25). The van der Waals surface area contributed by atoms with Gasteiger partial charge in [-0.1, -0.05) is 12.1 Å². The fourth-order valence-corrected chi connectivity index (χ4v) is 4.24. The Morgan fingerprint density at radius 1 is 1.00 bits per heavy atom. The van der Waals surface area contributed by atoms with Crippen molar-refractivity contribution in [2.75, 3.05) is 31.9 Å². The molecule has 8 heteroatoms. The van der Waals surface area contributed by atoms with Crippen molar-refractivity contribution in [1.29, 1.82) is 0 Å². The predicted molar refractivity (Wildman–Crippen MR) is 108 cm³/mol. The zero-order valence-corrected chi connectivity index (χ0v) is 16.9. The summed E-state index contributed by atoms with van der Waals surface area (Å²) in [6.45, 7) is 5.39. The van der Waals surface area contributed by atoms with Gasteiger partial charge in [0.05, 0.1) is 5.75 Å². The molecule has 2 aromatic rings. The van der Waals surface area contributed by atoms with Gasteiger partial charge in [0.25, 0.3) is 5.91 Å². The summed E-state index contributed by atoms with van der Waals surface area (Å²) in [5, 5.41) is 2.90. The molecule has 1 aliphatic heterocycles. The zero-order chi connectivity index (χ0) is 20.0. The molecule has 0 radical (unpaired) electrons. The molecular weight excluding hydrogens is 376 g/mol. The van der Waals surface area contributed by atoms with Gasteiger partial charge in [0.1, 0.15) is 0 Å². The maximum atomic E-state index is 12.3. The minimum absolute atomic E-state index is 0.109. The fraction of sp³-hybridized carbons (Fsp3) is 0.400. The van der Waals surface area contributed by atoms with Crippen LogP contribution in [0, 0.1) is 0 Å². The Hall–Kier alpha value is -2.29. The van der Waals surface area contributed by atoms with Crippen molar-refractivity contribution in [3.05, 3.63) is 65.5 Å². The molecule has 0 bridgehead atoms.